The van der Waals surface area contributed by atoms with Crippen molar-refractivity contribution in [2.75, 3.05) is 19.5 Å². The highest BCUT2D eigenvalue weighted by atomic mass is 16.6. The van der Waals surface area contributed by atoms with Crippen LogP contribution in [-0.2, 0) is 9.53 Å². The molecule has 1 aromatic rings. The molecule has 0 saturated heterocycles. The number of nitro groups is 1. The van der Waals surface area contributed by atoms with Crippen LogP contribution >= 0.6 is 0 Å². The monoisotopic (exact) mass is 252 g/mol. The van der Waals surface area contributed by atoms with Crippen molar-refractivity contribution >= 4 is 11.7 Å². The summed E-state index contributed by atoms with van der Waals surface area (Å²) in [5.74, 6) is -0.354. The van der Waals surface area contributed by atoms with Crippen LogP contribution in [0.25, 0.3) is 0 Å². The third kappa shape index (κ3) is 3.48. The lowest BCUT2D eigenvalue weighted by Gasteiger charge is -2.03. The van der Waals surface area contributed by atoms with Crippen LogP contribution in [0.4, 0.5) is 5.69 Å². The molecular formula is C11H12N2O5. The zero-order valence-electron chi connectivity index (χ0n) is 9.88. The molecule has 7 heteroatoms. The van der Waals surface area contributed by atoms with E-state index in [0.29, 0.717) is 11.4 Å². The summed E-state index contributed by atoms with van der Waals surface area (Å²) in [5, 5.41) is 13.2. The molecule has 96 valence electrons. The summed E-state index contributed by atoms with van der Waals surface area (Å²) in [6.07, 6.45) is 0.980. The van der Waals surface area contributed by atoms with Gasteiger partial charge in [0.2, 0.25) is 0 Å². The lowest BCUT2D eigenvalue weighted by molar-refractivity contribution is -0.421. The number of ether oxygens (including phenoxy) is 2. The second kappa shape index (κ2) is 6.24. The molecule has 0 aliphatic rings. The first-order valence-electron chi connectivity index (χ1n) is 4.92. The van der Waals surface area contributed by atoms with Crippen molar-refractivity contribution in [3.8, 4) is 5.75 Å². The van der Waals surface area contributed by atoms with Gasteiger partial charge < -0.3 is 14.8 Å². The van der Waals surface area contributed by atoms with Gasteiger partial charge in [-0.1, -0.05) is 0 Å². The second-order valence-corrected chi connectivity index (χ2v) is 3.15. The minimum Gasteiger partial charge on any atom is -0.497 e. The van der Waals surface area contributed by atoms with Gasteiger partial charge in [-0.2, -0.15) is 0 Å². The van der Waals surface area contributed by atoms with E-state index in [9.17, 15) is 14.9 Å². The molecule has 0 heterocycles. The number of anilines is 1. The molecule has 0 fully saturated rings. The van der Waals surface area contributed by atoms with Crippen molar-refractivity contribution in [3.63, 3.8) is 0 Å². The number of nitrogens with one attached hydrogen (secondary N) is 1. The van der Waals surface area contributed by atoms with Gasteiger partial charge in [-0.25, -0.2) is 4.79 Å². The zero-order valence-corrected chi connectivity index (χ0v) is 9.88. The topological polar surface area (TPSA) is 90.7 Å². The number of hydrogen-bond donors (Lipinski definition) is 1. The predicted molar refractivity (Wildman–Crippen MR) is 63.7 cm³/mol. The lowest BCUT2D eigenvalue weighted by Crippen LogP contribution is -2.14. The predicted octanol–water partition coefficient (Wildman–Crippen LogP) is 1.40. The molecule has 1 aromatic carbocycles. The van der Waals surface area contributed by atoms with E-state index in [1.54, 1.807) is 24.3 Å². The summed E-state index contributed by atoms with van der Waals surface area (Å²) in [4.78, 5) is 20.9. The van der Waals surface area contributed by atoms with Crippen LogP contribution < -0.4 is 10.1 Å². The molecule has 18 heavy (non-hydrogen) atoms. The first-order valence-corrected chi connectivity index (χ1v) is 4.92. The number of hydrogen-bond acceptors (Lipinski definition) is 6. The first-order chi connectivity index (χ1) is 8.58. The molecule has 0 unspecified atom stereocenters. The van der Waals surface area contributed by atoms with Crippen LogP contribution in [0.2, 0.25) is 0 Å². The number of methoxy groups -OCH3 is 2. The molecule has 0 spiro atoms. The van der Waals surface area contributed by atoms with Gasteiger partial charge in [0.05, 0.1) is 25.3 Å². The number of benzene rings is 1. The SMILES string of the molecule is COC(=O)C(=CNc1ccc(OC)cc1)[N+](=O)[O-]. The largest absolute Gasteiger partial charge is 0.497 e. The fourth-order valence-corrected chi connectivity index (χ4v) is 1.13. The number of rotatable bonds is 5. The molecule has 0 atom stereocenters. The van der Waals surface area contributed by atoms with Crippen LogP contribution in [0, 0.1) is 10.1 Å². The Labute approximate surface area is 103 Å². The fourth-order valence-electron chi connectivity index (χ4n) is 1.13. The number of nitrogens with zero attached hydrogens (tertiary/aromatic N) is 1. The molecule has 0 aromatic heterocycles. The Bertz CT molecular complexity index is 467. The van der Waals surface area contributed by atoms with Gasteiger partial charge >= 0.3 is 11.7 Å². The van der Waals surface area contributed by atoms with Crippen molar-refractivity contribution in [2.45, 2.75) is 0 Å². The summed E-state index contributed by atoms with van der Waals surface area (Å²) in [7, 11) is 2.61. The number of carbonyl (C=O) groups is 1. The van der Waals surface area contributed by atoms with E-state index >= 15 is 0 Å². The van der Waals surface area contributed by atoms with E-state index in [1.165, 1.54) is 7.11 Å². The van der Waals surface area contributed by atoms with E-state index in [0.717, 1.165) is 13.3 Å². The van der Waals surface area contributed by atoms with Crippen LogP contribution in [-0.4, -0.2) is 25.1 Å². The molecule has 7 nitrogen and oxygen atoms in total. The summed E-state index contributed by atoms with van der Waals surface area (Å²) in [6, 6.07) is 6.68. The van der Waals surface area contributed by atoms with Gasteiger partial charge in [0.15, 0.2) is 0 Å². The first kappa shape index (κ1) is 13.5. The summed E-state index contributed by atoms with van der Waals surface area (Å²) in [6.45, 7) is 0. The molecule has 0 aliphatic carbocycles. The van der Waals surface area contributed by atoms with Gasteiger partial charge in [-0.3, -0.25) is 10.1 Å². The van der Waals surface area contributed by atoms with Crippen molar-refractivity contribution in [3.05, 3.63) is 46.3 Å². The number of esters is 1. The number of carbonyl (C=O) groups excluding carboxylic acids is 1. The Hall–Kier alpha value is -2.57. The van der Waals surface area contributed by atoms with E-state index < -0.39 is 16.6 Å². The zero-order chi connectivity index (χ0) is 13.5. The average Bonchev–Trinajstić information content (AvgIpc) is 2.39. The van der Waals surface area contributed by atoms with Gasteiger partial charge in [0.1, 0.15) is 5.75 Å². The fraction of sp³-hybridized carbons (Fsp3) is 0.182. The van der Waals surface area contributed by atoms with E-state index in [1.807, 2.05) is 0 Å². The quantitative estimate of drug-likeness (QED) is 0.368. The van der Waals surface area contributed by atoms with E-state index in [2.05, 4.69) is 10.1 Å². The maximum atomic E-state index is 11.1. The lowest BCUT2D eigenvalue weighted by atomic mass is 10.3. The summed E-state index contributed by atoms with van der Waals surface area (Å²) >= 11 is 0. The normalized spacial score (nSPS) is 10.7. The van der Waals surface area contributed by atoms with Crippen LogP contribution in [0.15, 0.2) is 36.2 Å². The second-order valence-electron chi connectivity index (χ2n) is 3.15. The van der Waals surface area contributed by atoms with Crippen molar-refractivity contribution in [1.82, 2.24) is 0 Å². The minimum absolute atomic E-state index is 0.582. The Balaban J connectivity index is 2.81. The third-order valence-electron chi connectivity index (χ3n) is 2.06. The minimum atomic E-state index is -1.01. The van der Waals surface area contributed by atoms with Gasteiger partial charge in [0, 0.05) is 5.69 Å². The standard InChI is InChI=1S/C11H12N2O5/c1-17-9-5-3-8(4-6-9)12-7-10(13(15)16)11(14)18-2/h3-7,12H,1-2H3. The maximum Gasteiger partial charge on any atom is 0.411 e. The summed E-state index contributed by atoms with van der Waals surface area (Å²) in [5.41, 5.74) is -0.0904. The van der Waals surface area contributed by atoms with Crippen molar-refractivity contribution in [2.24, 2.45) is 0 Å². The Morgan fingerprint density at radius 1 is 1.33 bits per heavy atom. The Morgan fingerprint density at radius 2 is 1.94 bits per heavy atom. The van der Waals surface area contributed by atoms with Crippen LogP contribution in [0.3, 0.4) is 0 Å². The molecule has 0 amide bonds. The van der Waals surface area contributed by atoms with Crippen molar-refractivity contribution in [1.29, 1.82) is 0 Å². The van der Waals surface area contributed by atoms with Gasteiger partial charge in [0.25, 0.3) is 0 Å². The van der Waals surface area contributed by atoms with Crippen molar-refractivity contribution < 1.29 is 19.2 Å². The van der Waals surface area contributed by atoms with Gasteiger partial charge in [-0.15, -0.1) is 0 Å². The highest BCUT2D eigenvalue weighted by Crippen LogP contribution is 2.15. The third-order valence-corrected chi connectivity index (χ3v) is 2.06. The highest BCUT2D eigenvalue weighted by molar-refractivity contribution is 5.86. The smallest absolute Gasteiger partial charge is 0.411 e. The molecule has 0 radical (unpaired) electrons. The molecule has 1 rings (SSSR count). The average molecular weight is 252 g/mol. The Kier molecular flexibility index (Phi) is 4.67. The van der Waals surface area contributed by atoms with Crippen LogP contribution in [0.1, 0.15) is 0 Å². The summed E-state index contributed by atoms with van der Waals surface area (Å²) < 4.78 is 9.25. The highest BCUT2D eigenvalue weighted by Gasteiger charge is 2.22. The molecule has 0 aliphatic heterocycles. The Morgan fingerprint density at radius 3 is 2.39 bits per heavy atom. The van der Waals surface area contributed by atoms with E-state index in [4.69, 9.17) is 4.74 Å². The molecule has 0 bridgehead atoms. The molecule has 0 saturated carbocycles. The molecular weight excluding hydrogens is 240 g/mol. The van der Waals surface area contributed by atoms with E-state index in [-0.39, 0.29) is 0 Å². The molecule has 1 N–H and O–H groups in total. The maximum absolute atomic E-state index is 11.1. The van der Waals surface area contributed by atoms with Gasteiger partial charge in [-0.05, 0) is 24.3 Å². The van der Waals surface area contributed by atoms with Crippen LogP contribution in [0.5, 0.6) is 5.75 Å².